The maximum atomic E-state index is 5.64. The Morgan fingerprint density at radius 3 is 2.57 bits per heavy atom. The van der Waals surface area contributed by atoms with Gasteiger partial charge in [-0.15, -0.1) is 0 Å². The molecule has 0 spiro atoms. The second kappa shape index (κ2) is 6.12. The van der Waals surface area contributed by atoms with Crippen LogP contribution in [-0.2, 0) is 6.54 Å². The first-order valence-electron chi connectivity index (χ1n) is 7.01. The van der Waals surface area contributed by atoms with Crippen LogP contribution in [0, 0.1) is 6.92 Å². The largest absolute Gasteiger partial charge is 0.486 e. The Morgan fingerprint density at radius 1 is 1.19 bits per heavy atom. The SMILES string of the molecule is Cc1ccc(CNC(C)c2cc3c(cc2Br)OCCO3)o1. The van der Waals surface area contributed by atoms with E-state index in [1.165, 1.54) is 0 Å². The van der Waals surface area contributed by atoms with Crippen LogP contribution >= 0.6 is 15.9 Å². The molecule has 0 amide bonds. The molecule has 1 unspecified atom stereocenters. The van der Waals surface area contributed by atoms with Crippen molar-refractivity contribution in [2.75, 3.05) is 13.2 Å². The van der Waals surface area contributed by atoms with Crippen molar-refractivity contribution in [1.82, 2.24) is 5.32 Å². The summed E-state index contributed by atoms with van der Waals surface area (Å²) in [5.41, 5.74) is 1.14. The van der Waals surface area contributed by atoms with Gasteiger partial charge in [-0.05, 0) is 43.7 Å². The van der Waals surface area contributed by atoms with E-state index in [1.54, 1.807) is 0 Å². The number of fused-ring (bicyclic) bond motifs is 1. The minimum absolute atomic E-state index is 0.167. The maximum Gasteiger partial charge on any atom is 0.162 e. The number of hydrogen-bond donors (Lipinski definition) is 1. The van der Waals surface area contributed by atoms with E-state index in [9.17, 15) is 0 Å². The van der Waals surface area contributed by atoms with Crippen LogP contribution < -0.4 is 14.8 Å². The summed E-state index contributed by atoms with van der Waals surface area (Å²) in [6.45, 7) is 5.96. The van der Waals surface area contributed by atoms with Gasteiger partial charge in [0.2, 0.25) is 0 Å². The van der Waals surface area contributed by atoms with Crippen LogP contribution in [0.5, 0.6) is 11.5 Å². The van der Waals surface area contributed by atoms with Crippen molar-refractivity contribution in [2.24, 2.45) is 0 Å². The number of furan rings is 1. The Bertz CT molecular complexity index is 638. The van der Waals surface area contributed by atoms with Gasteiger partial charge in [-0.3, -0.25) is 0 Å². The summed E-state index contributed by atoms with van der Waals surface area (Å²) in [7, 11) is 0. The molecule has 3 rings (SSSR count). The Morgan fingerprint density at radius 2 is 1.90 bits per heavy atom. The predicted molar refractivity (Wildman–Crippen MR) is 83.8 cm³/mol. The zero-order valence-electron chi connectivity index (χ0n) is 12.1. The first-order valence-corrected chi connectivity index (χ1v) is 7.80. The van der Waals surface area contributed by atoms with Gasteiger partial charge in [-0.25, -0.2) is 0 Å². The lowest BCUT2D eigenvalue weighted by Gasteiger charge is -2.22. The van der Waals surface area contributed by atoms with E-state index in [-0.39, 0.29) is 6.04 Å². The molecule has 2 heterocycles. The van der Waals surface area contributed by atoms with Crippen molar-refractivity contribution in [3.8, 4) is 11.5 Å². The molecule has 2 aromatic rings. The predicted octanol–water partition coefficient (Wildman–Crippen LogP) is 3.97. The van der Waals surface area contributed by atoms with Crippen LogP contribution in [0.25, 0.3) is 0 Å². The first-order chi connectivity index (χ1) is 10.1. The minimum Gasteiger partial charge on any atom is -0.486 e. The number of benzene rings is 1. The van der Waals surface area contributed by atoms with Crippen molar-refractivity contribution < 1.29 is 13.9 Å². The summed E-state index contributed by atoms with van der Waals surface area (Å²) in [6, 6.07) is 8.14. The Balaban J connectivity index is 1.73. The van der Waals surface area contributed by atoms with Gasteiger partial charge in [0.25, 0.3) is 0 Å². The Kier molecular flexibility index (Phi) is 4.22. The molecule has 1 N–H and O–H groups in total. The summed E-state index contributed by atoms with van der Waals surface area (Å²) in [4.78, 5) is 0. The molecule has 4 nitrogen and oxygen atoms in total. The summed E-state index contributed by atoms with van der Waals surface area (Å²) < 4.78 is 17.8. The third kappa shape index (κ3) is 3.24. The van der Waals surface area contributed by atoms with E-state index in [0.29, 0.717) is 19.8 Å². The fourth-order valence-corrected chi connectivity index (χ4v) is 3.02. The topological polar surface area (TPSA) is 43.6 Å². The van der Waals surface area contributed by atoms with Crippen molar-refractivity contribution >= 4 is 15.9 Å². The van der Waals surface area contributed by atoms with E-state index in [2.05, 4.69) is 28.2 Å². The fourth-order valence-electron chi connectivity index (χ4n) is 2.36. The lowest BCUT2D eigenvalue weighted by atomic mass is 10.1. The van der Waals surface area contributed by atoms with Gasteiger partial charge < -0.3 is 19.2 Å². The lowest BCUT2D eigenvalue weighted by molar-refractivity contribution is 0.171. The number of ether oxygens (including phenoxy) is 2. The van der Waals surface area contributed by atoms with Gasteiger partial charge in [-0.2, -0.15) is 0 Å². The molecule has 0 fully saturated rings. The van der Waals surface area contributed by atoms with Gasteiger partial charge in [0.15, 0.2) is 11.5 Å². The molecule has 0 saturated carbocycles. The van der Waals surface area contributed by atoms with Crippen LogP contribution in [0.4, 0.5) is 0 Å². The molecule has 1 aliphatic rings. The van der Waals surface area contributed by atoms with Gasteiger partial charge in [0, 0.05) is 10.5 Å². The van der Waals surface area contributed by atoms with E-state index in [0.717, 1.165) is 33.1 Å². The number of aryl methyl sites for hydroxylation is 1. The van der Waals surface area contributed by atoms with Gasteiger partial charge in [0.05, 0.1) is 6.54 Å². The molecule has 0 radical (unpaired) electrons. The first kappa shape index (κ1) is 14.5. The fraction of sp³-hybridized carbons (Fsp3) is 0.375. The van der Waals surface area contributed by atoms with Crippen LogP contribution in [0.2, 0.25) is 0 Å². The summed E-state index contributed by atoms with van der Waals surface area (Å²) in [5, 5.41) is 3.46. The standard InChI is InChI=1S/C16H18BrNO3/c1-10-3-4-12(21-10)9-18-11(2)13-7-15-16(8-14(13)17)20-6-5-19-15/h3-4,7-8,11,18H,5-6,9H2,1-2H3. The van der Waals surface area contributed by atoms with Gasteiger partial charge in [-0.1, -0.05) is 15.9 Å². The molecule has 1 aliphatic heterocycles. The van der Waals surface area contributed by atoms with Crippen molar-refractivity contribution in [1.29, 1.82) is 0 Å². The van der Waals surface area contributed by atoms with Crippen LogP contribution in [0.3, 0.4) is 0 Å². The molecule has 0 bridgehead atoms. The summed E-state index contributed by atoms with van der Waals surface area (Å²) in [6.07, 6.45) is 0. The Hall–Kier alpha value is -1.46. The number of rotatable bonds is 4. The summed E-state index contributed by atoms with van der Waals surface area (Å²) >= 11 is 3.61. The van der Waals surface area contributed by atoms with Crippen molar-refractivity contribution in [3.05, 3.63) is 45.8 Å². The molecule has 0 aliphatic carbocycles. The lowest BCUT2D eigenvalue weighted by Crippen LogP contribution is -2.20. The monoisotopic (exact) mass is 351 g/mol. The molecule has 1 atom stereocenters. The average Bonchev–Trinajstić information content (AvgIpc) is 2.89. The normalized spacial score (nSPS) is 15.0. The second-order valence-corrected chi connectivity index (χ2v) is 5.99. The smallest absolute Gasteiger partial charge is 0.162 e. The zero-order chi connectivity index (χ0) is 14.8. The molecule has 21 heavy (non-hydrogen) atoms. The van der Waals surface area contributed by atoms with E-state index < -0.39 is 0 Å². The second-order valence-electron chi connectivity index (χ2n) is 5.13. The quantitative estimate of drug-likeness (QED) is 0.904. The summed E-state index contributed by atoms with van der Waals surface area (Å²) in [5.74, 6) is 3.47. The molecule has 1 aromatic heterocycles. The van der Waals surface area contributed by atoms with Crippen LogP contribution in [0.15, 0.2) is 33.2 Å². The van der Waals surface area contributed by atoms with Crippen molar-refractivity contribution in [2.45, 2.75) is 26.4 Å². The Labute approximate surface area is 132 Å². The molecule has 0 saturated heterocycles. The van der Waals surface area contributed by atoms with Crippen molar-refractivity contribution in [3.63, 3.8) is 0 Å². The van der Waals surface area contributed by atoms with Gasteiger partial charge in [0.1, 0.15) is 24.7 Å². The minimum atomic E-state index is 0.167. The van der Waals surface area contributed by atoms with E-state index in [4.69, 9.17) is 13.9 Å². The number of nitrogens with one attached hydrogen (secondary N) is 1. The molecular weight excluding hydrogens is 334 g/mol. The highest BCUT2D eigenvalue weighted by Crippen LogP contribution is 2.37. The molecule has 112 valence electrons. The third-order valence-corrected chi connectivity index (χ3v) is 4.19. The molecule has 5 heteroatoms. The van der Waals surface area contributed by atoms with E-state index in [1.807, 2.05) is 31.2 Å². The number of hydrogen-bond acceptors (Lipinski definition) is 4. The third-order valence-electron chi connectivity index (χ3n) is 3.51. The molecule has 1 aromatic carbocycles. The highest BCUT2D eigenvalue weighted by atomic mass is 79.9. The number of halogens is 1. The van der Waals surface area contributed by atoms with E-state index >= 15 is 0 Å². The van der Waals surface area contributed by atoms with Crippen LogP contribution in [0.1, 0.15) is 30.0 Å². The zero-order valence-corrected chi connectivity index (χ0v) is 13.7. The highest BCUT2D eigenvalue weighted by Gasteiger charge is 2.18. The molecular formula is C16H18BrNO3. The average molecular weight is 352 g/mol. The van der Waals surface area contributed by atoms with Gasteiger partial charge >= 0.3 is 0 Å². The highest BCUT2D eigenvalue weighted by molar-refractivity contribution is 9.10. The van der Waals surface area contributed by atoms with Crippen LogP contribution in [-0.4, -0.2) is 13.2 Å². The maximum absolute atomic E-state index is 5.64.